The maximum absolute atomic E-state index is 11.3. The molecule has 0 heterocycles. The van der Waals surface area contributed by atoms with Crippen molar-refractivity contribution in [2.75, 3.05) is 0 Å². The van der Waals surface area contributed by atoms with E-state index in [0.29, 0.717) is 5.56 Å². The van der Waals surface area contributed by atoms with Crippen LogP contribution in [0.3, 0.4) is 0 Å². The maximum atomic E-state index is 11.3. The fourth-order valence-corrected chi connectivity index (χ4v) is 1.80. The SMILES string of the molecule is CC(C)(C)c1ccc(C(C)(CC#N)C(=O)O)cc1. The van der Waals surface area contributed by atoms with Gasteiger partial charge in [0.15, 0.2) is 0 Å². The Morgan fingerprint density at radius 1 is 1.17 bits per heavy atom. The Balaban J connectivity index is 3.18. The van der Waals surface area contributed by atoms with E-state index in [1.165, 1.54) is 0 Å². The number of nitrogens with zero attached hydrogens (tertiary/aromatic N) is 1. The highest BCUT2D eigenvalue weighted by Gasteiger charge is 2.35. The predicted octanol–water partition coefficient (Wildman–Crippen LogP) is 3.24. The molecule has 0 aliphatic carbocycles. The van der Waals surface area contributed by atoms with Gasteiger partial charge in [-0.05, 0) is 23.5 Å². The lowest BCUT2D eigenvalue weighted by atomic mass is 9.78. The normalized spacial score (nSPS) is 14.6. The van der Waals surface area contributed by atoms with E-state index in [1.807, 2.05) is 30.3 Å². The molecular weight excluding hydrogens is 226 g/mol. The molecule has 0 spiro atoms. The van der Waals surface area contributed by atoms with Crippen molar-refractivity contribution in [1.29, 1.82) is 5.26 Å². The summed E-state index contributed by atoms with van der Waals surface area (Å²) < 4.78 is 0. The van der Waals surface area contributed by atoms with E-state index in [1.54, 1.807) is 6.92 Å². The van der Waals surface area contributed by atoms with E-state index in [2.05, 4.69) is 20.8 Å². The fourth-order valence-electron chi connectivity index (χ4n) is 1.80. The second kappa shape index (κ2) is 4.81. The molecule has 0 aromatic heterocycles. The third-order valence-electron chi connectivity index (χ3n) is 3.29. The summed E-state index contributed by atoms with van der Waals surface area (Å²) in [6, 6.07) is 9.45. The molecule has 96 valence electrons. The first-order chi connectivity index (χ1) is 8.21. The molecule has 18 heavy (non-hydrogen) atoms. The minimum Gasteiger partial charge on any atom is -0.481 e. The second-order valence-electron chi connectivity index (χ2n) is 5.80. The van der Waals surface area contributed by atoms with Crippen LogP contribution in [-0.2, 0) is 15.6 Å². The summed E-state index contributed by atoms with van der Waals surface area (Å²) in [5.74, 6) is -0.965. The van der Waals surface area contributed by atoms with Gasteiger partial charge in [0.2, 0.25) is 0 Å². The third-order valence-corrected chi connectivity index (χ3v) is 3.29. The molecule has 1 aromatic rings. The summed E-state index contributed by atoms with van der Waals surface area (Å²) in [7, 11) is 0. The first-order valence-corrected chi connectivity index (χ1v) is 5.93. The van der Waals surface area contributed by atoms with Crippen molar-refractivity contribution in [2.45, 2.75) is 44.9 Å². The van der Waals surface area contributed by atoms with Crippen molar-refractivity contribution in [3.05, 3.63) is 35.4 Å². The number of rotatable bonds is 3. The standard InChI is InChI=1S/C15H19NO2/c1-14(2,3)11-5-7-12(8-6-11)15(4,9-10-16)13(17)18/h5-8H,9H2,1-4H3,(H,17,18). The highest BCUT2D eigenvalue weighted by atomic mass is 16.4. The number of carbonyl (C=O) groups is 1. The van der Waals surface area contributed by atoms with Crippen molar-refractivity contribution in [2.24, 2.45) is 0 Å². The lowest BCUT2D eigenvalue weighted by Gasteiger charge is -2.24. The molecule has 0 aliphatic rings. The van der Waals surface area contributed by atoms with E-state index < -0.39 is 11.4 Å². The van der Waals surface area contributed by atoms with Gasteiger partial charge < -0.3 is 5.11 Å². The summed E-state index contributed by atoms with van der Waals surface area (Å²) in [6.07, 6.45) is -0.0306. The van der Waals surface area contributed by atoms with Gasteiger partial charge in [-0.3, -0.25) is 4.79 Å². The van der Waals surface area contributed by atoms with Gasteiger partial charge in [0.25, 0.3) is 0 Å². The zero-order chi connectivity index (χ0) is 14.0. The molecule has 0 bridgehead atoms. The molecule has 1 rings (SSSR count). The monoisotopic (exact) mass is 245 g/mol. The molecule has 0 fully saturated rings. The summed E-state index contributed by atoms with van der Waals surface area (Å²) >= 11 is 0. The zero-order valence-electron chi connectivity index (χ0n) is 11.3. The van der Waals surface area contributed by atoms with Crippen LogP contribution in [0.15, 0.2) is 24.3 Å². The molecule has 1 aromatic carbocycles. The number of carboxylic acids is 1. The average molecular weight is 245 g/mol. The first kappa shape index (κ1) is 14.2. The molecule has 0 amide bonds. The van der Waals surface area contributed by atoms with Crippen LogP contribution in [0.4, 0.5) is 0 Å². The Bertz CT molecular complexity index is 477. The van der Waals surface area contributed by atoms with Crippen LogP contribution in [-0.4, -0.2) is 11.1 Å². The van der Waals surface area contributed by atoms with E-state index >= 15 is 0 Å². The quantitative estimate of drug-likeness (QED) is 0.889. The van der Waals surface area contributed by atoms with Crippen LogP contribution < -0.4 is 0 Å². The van der Waals surface area contributed by atoms with Crippen molar-refractivity contribution >= 4 is 5.97 Å². The minimum absolute atomic E-state index is 0.0306. The van der Waals surface area contributed by atoms with Gasteiger partial charge in [-0.15, -0.1) is 0 Å². The van der Waals surface area contributed by atoms with Crippen LogP contribution >= 0.6 is 0 Å². The lowest BCUT2D eigenvalue weighted by molar-refractivity contribution is -0.143. The van der Waals surface area contributed by atoms with Gasteiger partial charge in [0.05, 0.1) is 12.5 Å². The molecule has 0 aliphatic heterocycles. The smallest absolute Gasteiger partial charge is 0.314 e. The van der Waals surface area contributed by atoms with E-state index in [0.717, 1.165) is 5.56 Å². The van der Waals surface area contributed by atoms with Crippen molar-refractivity contribution < 1.29 is 9.90 Å². The minimum atomic E-state index is -1.13. The van der Waals surface area contributed by atoms with Crippen molar-refractivity contribution in [3.63, 3.8) is 0 Å². The average Bonchev–Trinajstić information content (AvgIpc) is 2.28. The van der Waals surface area contributed by atoms with Crippen molar-refractivity contribution in [3.8, 4) is 6.07 Å². The number of carboxylic acid groups (broad SMARTS) is 1. The van der Waals surface area contributed by atoms with Crippen LogP contribution in [0.5, 0.6) is 0 Å². The van der Waals surface area contributed by atoms with Gasteiger partial charge in [0, 0.05) is 0 Å². The Hall–Kier alpha value is -1.82. The Morgan fingerprint density at radius 2 is 1.61 bits per heavy atom. The maximum Gasteiger partial charge on any atom is 0.314 e. The molecule has 0 saturated carbocycles. The molecular formula is C15H19NO2. The number of benzene rings is 1. The first-order valence-electron chi connectivity index (χ1n) is 5.93. The summed E-state index contributed by atoms with van der Waals surface area (Å²) in [5.41, 5.74) is 0.721. The van der Waals surface area contributed by atoms with Gasteiger partial charge >= 0.3 is 5.97 Å². The Kier molecular flexibility index (Phi) is 3.81. The number of hydrogen-bond donors (Lipinski definition) is 1. The van der Waals surface area contributed by atoms with Gasteiger partial charge in [-0.25, -0.2) is 0 Å². The van der Waals surface area contributed by atoms with E-state index in [4.69, 9.17) is 5.26 Å². The zero-order valence-corrected chi connectivity index (χ0v) is 11.3. The summed E-state index contributed by atoms with van der Waals surface area (Å²) in [4.78, 5) is 11.3. The fraction of sp³-hybridized carbons (Fsp3) is 0.467. The molecule has 1 N–H and O–H groups in total. The van der Waals surface area contributed by atoms with E-state index in [-0.39, 0.29) is 11.8 Å². The molecule has 1 unspecified atom stereocenters. The molecule has 3 nitrogen and oxygen atoms in total. The largest absolute Gasteiger partial charge is 0.481 e. The number of nitriles is 1. The van der Waals surface area contributed by atoms with Crippen LogP contribution in [0, 0.1) is 11.3 Å². The summed E-state index contributed by atoms with van der Waals surface area (Å²) in [6.45, 7) is 7.90. The highest BCUT2D eigenvalue weighted by Crippen LogP contribution is 2.30. The van der Waals surface area contributed by atoms with Crippen LogP contribution in [0.2, 0.25) is 0 Å². The van der Waals surface area contributed by atoms with Crippen LogP contribution in [0.25, 0.3) is 0 Å². The van der Waals surface area contributed by atoms with Crippen LogP contribution in [0.1, 0.15) is 45.2 Å². The molecule has 1 atom stereocenters. The van der Waals surface area contributed by atoms with Gasteiger partial charge in [0.1, 0.15) is 5.41 Å². The molecule has 0 saturated heterocycles. The number of hydrogen-bond acceptors (Lipinski definition) is 2. The van der Waals surface area contributed by atoms with Gasteiger partial charge in [-0.1, -0.05) is 45.0 Å². The van der Waals surface area contributed by atoms with Crippen molar-refractivity contribution in [1.82, 2.24) is 0 Å². The second-order valence-corrected chi connectivity index (χ2v) is 5.80. The van der Waals surface area contributed by atoms with Gasteiger partial charge in [-0.2, -0.15) is 5.26 Å². The highest BCUT2D eigenvalue weighted by molar-refractivity contribution is 5.81. The molecule has 0 radical (unpaired) electrons. The topological polar surface area (TPSA) is 61.1 Å². The Morgan fingerprint density at radius 3 is 1.94 bits per heavy atom. The Labute approximate surface area is 108 Å². The predicted molar refractivity (Wildman–Crippen MR) is 70.4 cm³/mol. The third kappa shape index (κ3) is 2.70. The number of aliphatic carboxylic acids is 1. The van der Waals surface area contributed by atoms with E-state index in [9.17, 15) is 9.90 Å². The molecule has 3 heteroatoms. The lowest BCUT2D eigenvalue weighted by Crippen LogP contribution is -2.32. The summed E-state index contributed by atoms with van der Waals surface area (Å²) in [5, 5.41) is 18.1.